The Hall–Kier alpha value is -1.14. The first-order chi connectivity index (χ1) is 6.86. The molecule has 0 aliphatic carbocycles. The first-order valence-electron chi connectivity index (χ1n) is 3.89. The Balaban J connectivity index is 3.48. The average Bonchev–Trinajstić information content (AvgIpc) is 2.15. The Bertz CT molecular complexity index is 497. The predicted octanol–water partition coefficient (Wildman–Crippen LogP) is 1.74. The summed E-state index contributed by atoms with van der Waals surface area (Å²) in [7, 11) is -3.59. The quantitative estimate of drug-likeness (QED) is 0.464. The molecule has 5 nitrogen and oxygen atoms in total. The van der Waals surface area contributed by atoms with E-state index in [-0.39, 0.29) is 10.8 Å². The summed E-state index contributed by atoms with van der Waals surface area (Å²) in [5.41, 5.74) is 0.0754. The van der Waals surface area contributed by atoms with E-state index in [1.807, 2.05) is 0 Å². The van der Waals surface area contributed by atoms with E-state index in [0.29, 0.717) is 5.56 Å². The minimum atomic E-state index is -3.59. The SMILES string of the molecule is CS(=O)(=O)c1ccc(CCl)cc1[N+](=O)[O-]. The van der Waals surface area contributed by atoms with Crippen molar-refractivity contribution in [2.45, 2.75) is 10.8 Å². The number of sulfone groups is 1. The summed E-state index contributed by atoms with van der Waals surface area (Å²) < 4.78 is 22.4. The van der Waals surface area contributed by atoms with Gasteiger partial charge in [-0.2, -0.15) is 0 Å². The predicted molar refractivity (Wildman–Crippen MR) is 55.8 cm³/mol. The second-order valence-corrected chi connectivity index (χ2v) is 5.22. The highest BCUT2D eigenvalue weighted by atomic mass is 35.5. The molecule has 0 heterocycles. The van der Waals surface area contributed by atoms with E-state index in [0.717, 1.165) is 6.26 Å². The van der Waals surface area contributed by atoms with Gasteiger partial charge in [0.15, 0.2) is 9.84 Å². The van der Waals surface area contributed by atoms with E-state index in [1.54, 1.807) is 0 Å². The Morgan fingerprint density at radius 2 is 2.07 bits per heavy atom. The van der Waals surface area contributed by atoms with Gasteiger partial charge < -0.3 is 0 Å². The molecule has 0 aromatic heterocycles. The fourth-order valence-electron chi connectivity index (χ4n) is 1.10. The topological polar surface area (TPSA) is 77.3 Å². The van der Waals surface area contributed by atoms with Gasteiger partial charge >= 0.3 is 0 Å². The standard InChI is InChI=1S/C8H8ClNO4S/c1-15(13,14)8-3-2-6(5-9)4-7(8)10(11)12/h2-4H,5H2,1H3. The van der Waals surface area contributed by atoms with Crippen LogP contribution in [-0.2, 0) is 15.7 Å². The van der Waals surface area contributed by atoms with Crippen molar-refractivity contribution in [2.75, 3.05) is 6.26 Å². The van der Waals surface area contributed by atoms with Crippen molar-refractivity contribution >= 4 is 27.1 Å². The lowest BCUT2D eigenvalue weighted by molar-refractivity contribution is -0.387. The number of hydrogen-bond donors (Lipinski definition) is 0. The van der Waals surface area contributed by atoms with E-state index >= 15 is 0 Å². The maximum Gasteiger partial charge on any atom is 0.288 e. The Kier molecular flexibility index (Phi) is 3.31. The second kappa shape index (κ2) is 4.16. The van der Waals surface area contributed by atoms with Crippen molar-refractivity contribution in [1.82, 2.24) is 0 Å². The first-order valence-corrected chi connectivity index (χ1v) is 6.32. The van der Waals surface area contributed by atoms with Crippen LogP contribution < -0.4 is 0 Å². The monoisotopic (exact) mass is 249 g/mol. The van der Waals surface area contributed by atoms with Gasteiger partial charge in [0.25, 0.3) is 5.69 Å². The van der Waals surface area contributed by atoms with Crippen LogP contribution in [0.4, 0.5) is 5.69 Å². The van der Waals surface area contributed by atoms with E-state index in [9.17, 15) is 18.5 Å². The van der Waals surface area contributed by atoms with Gasteiger partial charge in [-0.3, -0.25) is 10.1 Å². The van der Waals surface area contributed by atoms with Crippen molar-refractivity contribution in [1.29, 1.82) is 0 Å². The van der Waals surface area contributed by atoms with Crippen molar-refractivity contribution < 1.29 is 13.3 Å². The van der Waals surface area contributed by atoms with E-state index in [4.69, 9.17) is 11.6 Å². The van der Waals surface area contributed by atoms with Gasteiger partial charge in [-0.15, -0.1) is 11.6 Å². The molecule has 0 amide bonds. The number of rotatable bonds is 3. The molecule has 0 spiro atoms. The average molecular weight is 250 g/mol. The number of hydrogen-bond acceptors (Lipinski definition) is 4. The van der Waals surface area contributed by atoms with Crippen LogP contribution >= 0.6 is 11.6 Å². The number of halogens is 1. The Morgan fingerprint density at radius 1 is 1.47 bits per heavy atom. The fraction of sp³-hybridized carbons (Fsp3) is 0.250. The number of alkyl halides is 1. The van der Waals surface area contributed by atoms with Gasteiger partial charge in [0.05, 0.1) is 4.92 Å². The molecule has 0 unspecified atom stereocenters. The molecule has 0 saturated heterocycles. The zero-order chi connectivity index (χ0) is 11.6. The highest BCUT2D eigenvalue weighted by molar-refractivity contribution is 7.90. The Labute approximate surface area is 91.7 Å². The summed E-state index contributed by atoms with van der Waals surface area (Å²) in [6, 6.07) is 3.82. The highest BCUT2D eigenvalue weighted by Crippen LogP contribution is 2.25. The first kappa shape index (κ1) is 11.9. The van der Waals surface area contributed by atoms with Gasteiger partial charge in [-0.05, 0) is 11.6 Å². The molecule has 0 N–H and O–H groups in total. The highest BCUT2D eigenvalue weighted by Gasteiger charge is 2.21. The van der Waals surface area contributed by atoms with Crippen LogP contribution in [0.1, 0.15) is 5.56 Å². The molecule has 15 heavy (non-hydrogen) atoms. The molecule has 82 valence electrons. The molecule has 1 aromatic carbocycles. The molecule has 1 rings (SSSR count). The smallest absolute Gasteiger partial charge is 0.258 e. The molecule has 0 aliphatic rings. The fourth-order valence-corrected chi connectivity index (χ4v) is 2.10. The minimum absolute atomic E-state index is 0.102. The van der Waals surface area contributed by atoms with Crippen LogP contribution in [0, 0.1) is 10.1 Å². The molecule has 0 atom stereocenters. The minimum Gasteiger partial charge on any atom is -0.258 e. The summed E-state index contributed by atoms with van der Waals surface area (Å²) in [4.78, 5) is 9.61. The lowest BCUT2D eigenvalue weighted by Crippen LogP contribution is -2.03. The summed E-state index contributed by atoms with van der Waals surface area (Å²) in [5.74, 6) is 0.102. The largest absolute Gasteiger partial charge is 0.288 e. The normalized spacial score (nSPS) is 11.3. The number of nitro groups is 1. The zero-order valence-electron chi connectivity index (χ0n) is 7.81. The van der Waals surface area contributed by atoms with E-state index in [1.165, 1.54) is 18.2 Å². The molecule has 0 radical (unpaired) electrons. The molecule has 0 saturated carbocycles. The molecule has 0 aliphatic heterocycles. The van der Waals surface area contributed by atoms with Gasteiger partial charge in [0.2, 0.25) is 0 Å². The summed E-state index contributed by atoms with van der Waals surface area (Å²) in [6.07, 6.45) is 0.926. The molecule has 0 bridgehead atoms. The van der Waals surface area contributed by atoms with Crippen LogP contribution in [0.3, 0.4) is 0 Å². The summed E-state index contributed by atoms with van der Waals surface area (Å²) >= 11 is 5.50. The van der Waals surface area contributed by atoms with Crippen molar-refractivity contribution in [3.8, 4) is 0 Å². The molecule has 1 aromatic rings. The number of nitro benzene ring substituents is 1. The van der Waals surface area contributed by atoms with Crippen molar-refractivity contribution in [3.63, 3.8) is 0 Å². The number of benzene rings is 1. The zero-order valence-corrected chi connectivity index (χ0v) is 9.38. The van der Waals surface area contributed by atoms with Crippen LogP contribution in [-0.4, -0.2) is 19.6 Å². The molecular formula is C8H8ClNO4S. The third-order valence-corrected chi connectivity index (χ3v) is 3.23. The van der Waals surface area contributed by atoms with Crippen LogP contribution in [0.25, 0.3) is 0 Å². The lowest BCUT2D eigenvalue weighted by Gasteiger charge is -2.01. The molecule has 0 fully saturated rings. The van der Waals surface area contributed by atoms with Crippen LogP contribution in [0.5, 0.6) is 0 Å². The maximum atomic E-state index is 11.2. The van der Waals surface area contributed by atoms with E-state index < -0.39 is 20.4 Å². The summed E-state index contributed by atoms with van der Waals surface area (Å²) in [6.45, 7) is 0. The Morgan fingerprint density at radius 3 is 2.47 bits per heavy atom. The van der Waals surface area contributed by atoms with Crippen LogP contribution in [0.15, 0.2) is 23.1 Å². The third kappa shape index (κ3) is 2.66. The summed E-state index contributed by atoms with van der Waals surface area (Å²) in [5, 5.41) is 10.6. The number of nitrogens with zero attached hydrogens (tertiary/aromatic N) is 1. The van der Waals surface area contributed by atoms with Gasteiger partial charge in [0, 0.05) is 18.2 Å². The second-order valence-electron chi connectivity index (χ2n) is 2.96. The lowest BCUT2D eigenvalue weighted by atomic mass is 10.2. The van der Waals surface area contributed by atoms with Crippen molar-refractivity contribution in [3.05, 3.63) is 33.9 Å². The third-order valence-electron chi connectivity index (χ3n) is 1.77. The molecular weight excluding hydrogens is 242 g/mol. The van der Waals surface area contributed by atoms with Crippen LogP contribution in [0.2, 0.25) is 0 Å². The van der Waals surface area contributed by atoms with Crippen molar-refractivity contribution in [2.24, 2.45) is 0 Å². The molecule has 7 heteroatoms. The van der Waals surface area contributed by atoms with Gasteiger partial charge in [-0.1, -0.05) is 6.07 Å². The van der Waals surface area contributed by atoms with Gasteiger partial charge in [0.1, 0.15) is 4.90 Å². The van der Waals surface area contributed by atoms with E-state index in [2.05, 4.69) is 0 Å². The van der Waals surface area contributed by atoms with Gasteiger partial charge in [-0.25, -0.2) is 8.42 Å². The maximum absolute atomic E-state index is 11.2.